The Hall–Kier alpha value is -4.16. The number of nitriles is 1. The molecule has 1 aromatic carbocycles. The molecule has 0 unspecified atom stereocenters. The normalized spacial score (nSPS) is 13.8. The lowest BCUT2D eigenvalue weighted by Crippen LogP contribution is -2.39. The molecule has 3 aromatic rings. The summed E-state index contributed by atoms with van der Waals surface area (Å²) < 4.78 is 5.11. The molecule has 1 aliphatic heterocycles. The molecule has 0 saturated carbocycles. The van der Waals surface area contributed by atoms with Gasteiger partial charge in [0.1, 0.15) is 11.6 Å². The van der Waals surface area contributed by atoms with Gasteiger partial charge in [-0.25, -0.2) is 9.97 Å². The van der Waals surface area contributed by atoms with Crippen molar-refractivity contribution in [1.29, 1.82) is 5.26 Å². The van der Waals surface area contributed by atoms with Crippen LogP contribution in [0.2, 0.25) is 0 Å². The number of rotatable bonds is 8. The number of aromatic nitrogens is 2. The van der Waals surface area contributed by atoms with Crippen molar-refractivity contribution in [2.75, 3.05) is 35.7 Å². The standard InChI is InChI=1S/C25H27N7O2/c1-34-16-18-4-7-23(28-14-18)31-24-12-22(21(15-29-24)25(27)33)30-19-8-10-32(11-9-19)20-5-2-17(13-26)3-6-20/h2-7,12,14-15,19H,8-11,16H2,1H3,(H2,27,33)(H2,28,29,30,31). The summed E-state index contributed by atoms with van der Waals surface area (Å²) in [6.07, 6.45) is 5.01. The Labute approximate surface area is 198 Å². The van der Waals surface area contributed by atoms with Gasteiger partial charge in [0, 0.05) is 50.4 Å². The van der Waals surface area contributed by atoms with E-state index in [0.717, 1.165) is 37.2 Å². The first-order valence-corrected chi connectivity index (χ1v) is 11.1. The first kappa shape index (κ1) is 23.0. The van der Waals surface area contributed by atoms with Gasteiger partial charge in [-0.05, 0) is 48.7 Å². The summed E-state index contributed by atoms with van der Waals surface area (Å²) in [4.78, 5) is 23.0. The van der Waals surface area contributed by atoms with E-state index in [-0.39, 0.29) is 6.04 Å². The second-order valence-electron chi connectivity index (χ2n) is 8.15. The molecule has 0 bridgehead atoms. The predicted octanol–water partition coefficient (Wildman–Crippen LogP) is 3.42. The highest BCUT2D eigenvalue weighted by molar-refractivity contribution is 5.98. The van der Waals surface area contributed by atoms with Gasteiger partial charge in [-0.3, -0.25) is 4.79 Å². The minimum Gasteiger partial charge on any atom is -0.381 e. The Morgan fingerprint density at radius 2 is 1.88 bits per heavy atom. The molecule has 4 rings (SSSR count). The minimum atomic E-state index is -0.529. The third-order valence-electron chi connectivity index (χ3n) is 5.78. The lowest BCUT2D eigenvalue weighted by atomic mass is 10.0. The summed E-state index contributed by atoms with van der Waals surface area (Å²) in [7, 11) is 1.64. The molecule has 174 valence electrons. The van der Waals surface area contributed by atoms with Crippen LogP contribution in [0.1, 0.15) is 34.3 Å². The number of pyridine rings is 2. The number of carbonyl (C=O) groups excluding carboxylic acids is 1. The van der Waals surface area contributed by atoms with Crippen LogP contribution in [0, 0.1) is 11.3 Å². The fourth-order valence-electron chi connectivity index (χ4n) is 3.97. The molecular formula is C25H27N7O2. The molecule has 1 saturated heterocycles. The average molecular weight is 458 g/mol. The van der Waals surface area contributed by atoms with Gasteiger partial charge in [-0.2, -0.15) is 5.26 Å². The molecular weight excluding hydrogens is 430 g/mol. The monoisotopic (exact) mass is 457 g/mol. The van der Waals surface area contributed by atoms with Gasteiger partial charge in [0.15, 0.2) is 0 Å². The number of hydrogen-bond donors (Lipinski definition) is 3. The molecule has 2 aromatic heterocycles. The summed E-state index contributed by atoms with van der Waals surface area (Å²) in [5.41, 5.74) is 9.33. The molecule has 3 heterocycles. The number of primary amides is 1. The van der Waals surface area contributed by atoms with Gasteiger partial charge < -0.3 is 26.0 Å². The Morgan fingerprint density at radius 3 is 2.50 bits per heavy atom. The molecule has 34 heavy (non-hydrogen) atoms. The summed E-state index contributed by atoms with van der Waals surface area (Å²) >= 11 is 0. The second-order valence-corrected chi connectivity index (χ2v) is 8.15. The molecule has 1 aliphatic rings. The fourth-order valence-corrected chi connectivity index (χ4v) is 3.97. The van der Waals surface area contributed by atoms with Crippen molar-refractivity contribution < 1.29 is 9.53 Å². The van der Waals surface area contributed by atoms with Crippen LogP contribution in [0.5, 0.6) is 0 Å². The van der Waals surface area contributed by atoms with Crippen LogP contribution in [0.15, 0.2) is 54.9 Å². The maximum atomic E-state index is 12.0. The predicted molar refractivity (Wildman–Crippen MR) is 131 cm³/mol. The quantitative estimate of drug-likeness (QED) is 0.469. The largest absolute Gasteiger partial charge is 0.381 e. The zero-order valence-corrected chi connectivity index (χ0v) is 19.0. The van der Waals surface area contributed by atoms with E-state index < -0.39 is 5.91 Å². The van der Waals surface area contributed by atoms with Crippen molar-refractivity contribution >= 4 is 28.9 Å². The zero-order valence-electron chi connectivity index (χ0n) is 19.0. The summed E-state index contributed by atoms with van der Waals surface area (Å²) in [5, 5.41) is 15.6. The number of anilines is 4. The topological polar surface area (TPSA) is 129 Å². The number of nitrogens with one attached hydrogen (secondary N) is 2. The molecule has 0 atom stereocenters. The van der Waals surface area contributed by atoms with E-state index in [1.807, 2.05) is 36.4 Å². The van der Waals surface area contributed by atoms with Crippen LogP contribution in [0.25, 0.3) is 0 Å². The highest BCUT2D eigenvalue weighted by atomic mass is 16.5. The second kappa shape index (κ2) is 10.6. The highest BCUT2D eigenvalue weighted by Gasteiger charge is 2.21. The van der Waals surface area contributed by atoms with Crippen LogP contribution < -0.4 is 21.3 Å². The number of nitrogens with zero attached hydrogens (tertiary/aromatic N) is 4. The van der Waals surface area contributed by atoms with Gasteiger partial charge in [0.25, 0.3) is 5.91 Å². The molecule has 4 N–H and O–H groups in total. The maximum Gasteiger partial charge on any atom is 0.252 e. The average Bonchev–Trinajstić information content (AvgIpc) is 2.86. The molecule has 0 aliphatic carbocycles. The Balaban J connectivity index is 1.42. The maximum absolute atomic E-state index is 12.0. The van der Waals surface area contributed by atoms with E-state index in [1.165, 1.54) is 6.20 Å². The van der Waals surface area contributed by atoms with Gasteiger partial charge >= 0.3 is 0 Å². The smallest absolute Gasteiger partial charge is 0.252 e. The van der Waals surface area contributed by atoms with Crippen molar-refractivity contribution in [2.45, 2.75) is 25.5 Å². The number of benzene rings is 1. The van der Waals surface area contributed by atoms with Gasteiger partial charge in [0.2, 0.25) is 0 Å². The van der Waals surface area contributed by atoms with Crippen molar-refractivity contribution in [1.82, 2.24) is 9.97 Å². The first-order chi connectivity index (χ1) is 16.6. The van der Waals surface area contributed by atoms with Gasteiger partial charge in [-0.15, -0.1) is 0 Å². The van der Waals surface area contributed by atoms with E-state index in [2.05, 4.69) is 31.6 Å². The van der Waals surface area contributed by atoms with Crippen molar-refractivity contribution in [3.63, 3.8) is 0 Å². The van der Waals surface area contributed by atoms with Crippen molar-refractivity contribution in [3.05, 3.63) is 71.5 Å². The van der Waals surface area contributed by atoms with Crippen molar-refractivity contribution in [2.24, 2.45) is 5.73 Å². The van der Waals surface area contributed by atoms with E-state index in [4.69, 9.17) is 15.7 Å². The Bertz CT molecular complexity index is 1170. The van der Waals surface area contributed by atoms with Gasteiger partial charge in [-0.1, -0.05) is 6.07 Å². The lowest BCUT2D eigenvalue weighted by Gasteiger charge is -2.34. The molecule has 9 nitrogen and oxygen atoms in total. The van der Waals surface area contributed by atoms with Crippen molar-refractivity contribution in [3.8, 4) is 6.07 Å². The third kappa shape index (κ3) is 5.60. The number of nitrogens with two attached hydrogens (primary N) is 1. The third-order valence-corrected chi connectivity index (χ3v) is 5.78. The van der Waals surface area contributed by atoms with E-state index in [1.54, 1.807) is 19.4 Å². The number of hydrogen-bond acceptors (Lipinski definition) is 8. The summed E-state index contributed by atoms with van der Waals surface area (Å²) in [5.74, 6) is 0.675. The SMILES string of the molecule is COCc1ccc(Nc2cc(NC3CCN(c4ccc(C#N)cc4)CC3)c(C(N)=O)cn2)nc1. The Kier molecular flexibility index (Phi) is 7.20. The van der Waals surface area contributed by atoms with E-state index in [9.17, 15) is 4.79 Å². The number of ether oxygens (including phenoxy) is 1. The van der Waals surface area contributed by atoms with Crippen LogP contribution in [0.4, 0.5) is 23.0 Å². The highest BCUT2D eigenvalue weighted by Crippen LogP contribution is 2.26. The van der Waals surface area contributed by atoms with E-state index in [0.29, 0.717) is 35.1 Å². The Morgan fingerprint density at radius 1 is 1.15 bits per heavy atom. The van der Waals surface area contributed by atoms with Gasteiger partial charge in [0.05, 0.1) is 29.5 Å². The number of methoxy groups -OCH3 is 1. The lowest BCUT2D eigenvalue weighted by molar-refractivity contribution is 0.100. The summed E-state index contributed by atoms with van der Waals surface area (Å²) in [6, 6.07) is 15.5. The van der Waals surface area contributed by atoms with Crippen LogP contribution in [0.3, 0.4) is 0 Å². The summed E-state index contributed by atoms with van der Waals surface area (Å²) in [6.45, 7) is 2.23. The first-order valence-electron chi connectivity index (χ1n) is 11.1. The fraction of sp³-hybridized carbons (Fsp3) is 0.280. The van der Waals surface area contributed by atoms with Crippen LogP contribution >= 0.6 is 0 Å². The molecule has 9 heteroatoms. The number of carbonyl (C=O) groups is 1. The number of piperidine rings is 1. The molecule has 0 spiro atoms. The number of amides is 1. The van der Waals surface area contributed by atoms with Crippen LogP contribution in [-0.4, -0.2) is 42.1 Å². The van der Waals surface area contributed by atoms with Crippen LogP contribution in [-0.2, 0) is 11.3 Å². The minimum absolute atomic E-state index is 0.189. The molecule has 0 radical (unpaired) electrons. The van der Waals surface area contributed by atoms with E-state index >= 15 is 0 Å². The molecule has 1 amide bonds. The molecule has 1 fully saturated rings. The zero-order chi connectivity index (χ0) is 23.9.